The summed E-state index contributed by atoms with van der Waals surface area (Å²) in [6.45, 7) is 8.66. The Morgan fingerprint density at radius 1 is 1.10 bits per heavy atom. The molecule has 1 aromatic rings. The van der Waals surface area contributed by atoms with Crippen molar-refractivity contribution in [1.82, 2.24) is 4.90 Å². The Bertz CT molecular complexity index is 576. The predicted octanol–water partition coefficient (Wildman–Crippen LogP) is 5.09. The molecule has 1 N–H and O–H groups in total. The minimum absolute atomic E-state index is 0.278. The van der Waals surface area contributed by atoms with Gasteiger partial charge in [0.2, 0.25) is 0 Å². The number of nitrogens with zero attached hydrogens (tertiary/aromatic N) is 1. The van der Waals surface area contributed by atoms with E-state index in [2.05, 4.69) is 17.1 Å². The van der Waals surface area contributed by atoms with E-state index in [1.807, 2.05) is 31.2 Å². The van der Waals surface area contributed by atoms with Crippen LogP contribution in [0, 0.1) is 0 Å². The van der Waals surface area contributed by atoms with Gasteiger partial charge >= 0.3 is 6.09 Å². The summed E-state index contributed by atoms with van der Waals surface area (Å²) in [4.78, 5) is 14.8. The summed E-state index contributed by atoms with van der Waals surface area (Å²) in [5.41, 5.74) is 0.641. The van der Waals surface area contributed by atoms with E-state index < -0.39 is 6.09 Å². The Labute approximate surface area is 175 Å². The van der Waals surface area contributed by atoms with Crippen LogP contribution in [0.4, 0.5) is 10.5 Å². The van der Waals surface area contributed by atoms with Gasteiger partial charge in [0, 0.05) is 13.2 Å². The highest BCUT2D eigenvalue weighted by atomic mass is 16.6. The molecule has 1 heterocycles. The molecule has 1 saturated heterocycles. The van der Waals surface area contributed by atoms with Crippen molar-refractivity contribution < 1.29 is 19.0 Å². The van der Waals surface area contributed by atoms with E-state index in [0.29, 0.717) is 37.8 Å². The fourth-order valence-corrected chi connectivity index (χ4v) is 3.50. The zero-order valence-electron chi connectivity index (χ0n) is 18.2. The molecule has 164 valence electrons. The number of likely N-dealkylation sites (tertiary alicyclic amines) is 1. The summed E-state index contributed by atoms with van der Waals surface area (Å²) in [6, 6.07) is 7.51. The van der Waals surface area contributed by atoms with Gasteiger partial charge in [0.15, 0.2) is 0 Å². The van der Waals surface area contributed by atoms with E-state index in [9.17, 15) is 4.79 Å². The van der Waals surface area contributed by atoms with Crippen LogP contribution in [0.3, 0.4) is 0 Å². The highest BCUT2D eigenvalue weighted by molar-refractivity contribution is 5.86. The van der Waals surface area contributed by atoms with Gasteiger partial charge in [-0.1, -0.05) is 44.7 Å². The van der Waals surface area contributed by atoms with Crippen LogP contribution in [-0.4, -0.2) is 56.6 Å². The molecule has 1 atom stereocenters. The van der Waals surface area contributed by atoms with Crippen molar-refractivity contribution in [2.24, 2.45) is 0 Å². The van der Waals surface area contributed by atoms with Gasteiger partial charge in [-0.25, -0.2) is 4.79 Å². The molecule has 0 saturated carbocycles. The topological polar surface area (TPSA) is 60.0 Å². The van der Waals surface area contributed by atoms with E-state index in [1.54, 1.807) is 0 Å². The first-order valence-corrected chi connectivity index (χ1v) is 11.2. The Hall–Kier alpha value is -1.79. The van der Waals surface area contributed by atoms with Crippen molar-refractivity contribution >= 4 is 11.8 Å². The lowest BCUT2D eigenvalue weighted by Gasteiger charge is -2.23. The fourth-order valence-electron chi connectivity index (χ4n) is 3.50. The van der Waals surface area contributed by atoms with Gasteiger partial charge in [-0.3, -0.25) is 10.2 Å². The minimum Gasteiger partial charge on any atom is -0.491 e. The quantitative estimate of drug-likeness (QED) is 0.436. The molecule has 2 rings (SSSR count). The van der Waals surface area contributed by atoms with Crippen molar-refractivity contribution in [3.8, 4) is 5.75 Å². The number of unbranched alkanes of at least 4 members (excludes halogenated alkanes) is 4. The van der Waals surface area contributed by atoms with Crippen LogP contribution in [0.5, 0.6) is 5.75 Å². The van der Waals surface area contributed by atoms with Crippen LogP contribution in [0.1, 0.15) is 58.8 Å². The summed E-state index contributed by atoms with van der Waals surface area (Å²) in [7, 11) is 0. The van der Waals surface area contributed by atoms with Crippen molar-refractivity contribution in [2.75, 3.05) is 44.8 Å². The van der Waals surface area contributed by atoms with E-state index in [4.69, 9.17) is 14.2 Å². The number of ether oxygens (including phenoxy) is 3. The molecule has 0 bridgehead atoms. The molecular weight excluding hydrogens is 368 g/mol. The number of anilines is 1. The number of benzene rings is 1. The molecule has 6 nitrogen and oxygen atoms in total. The van der Waals surface area contributed by atoms with E-state index in [0.717, 1.165) is 19.5 Å². The first-order chi connectivity index (χ1) is 14.2. The highest BCUT2D eigenvalue weighted by Gasteiger charge is 2.21. The number of hydrogen-bond acceptors (Lipinski definition) is 5. The van der Waals surface area contributed by atoms with Crippen molar-refractivity contribution in [3.05, 3.63) is 24.3 Å². The smallest absolute Gasteiger partial charge is 0.412 e. The molecule has 0 aromatic heterocycles. The molecule has 1 aliphatic rings. The molecular formula is C23H38N2O4. The number of nitrogens with one attached hydrogen (secondary N) is 1. The summed E-state index contributed by atoms with van der Waals surface area (Å²) >= 11 is 0. The zero-order valence-corrected chi connectivity index (χ0v) is 18.2. The van der Waals surface area contributed by atoms with Gasteiger partial charge in [0.25, 0.3) is 0 Å². The van der Waals surface area contributed by atoms with Gasteiger partial charge < -0.3 is 14.2 Å². The number of para-hydroxylation sites is 2. The average Bonchev–Trinajstić information content (AvgIpc) is 3.23. The monoisotopic (exact) mass is 406 g/mol. The number of carbonyl (C=O) groups is 1. The second-order valence-corrected chi connectivity index (χ2v) is 7.58. The first kappa shape index (κ1) is 23.5. The minimum atomic E-state index is -0.465. The number of amides is 1. The highest BCUT2D eigenvalue weighted by Crippen LogP contribution is 2.24. The molecule has 1 aliphatic heterocycles. The molecule has 1 aromatic carbocycles. The molecule has 0 spiro atoms. The Morgan fingerprint density at radius 2 is 1.86 bits per heavy atom. The maximum absolute atomic E-state index is 12.5. The summed E-state index contributed by atoms with van der Waals surface area (Å²) in [5.74, 6) is 0.681. The van der Waals surface area contributed by atoms with Gasteiger partial charge in [-0.15, -0.1) is 0 Å². The van der Waals surface area contributed by atoms with E-state index >= 15 is 0 Å². The summed E-state index contributed by atoms with van der Waals surface area (Å²) in [6.07, 6.45) is 7.60. The zero-order chi connectivity index (χ0) is 20.7. The van der Waals surface area contributed by atoms with Crippen LogP contribution < -0.4 is 10.1 Å². The SMILES string of the molecule is CCCCCCCOc1ccccc1NC(=O)OC(COCC)CN1CCCC1. The lowest BCUT2D eigenvalue weighted by Crippen LogP contribution is -2.37. The van der Waals surface area contributed by atoms with Gasteiger partial charge in [-0.2, -0.15) is 0 Å². The van der Waals surface area contributed by atoms with Crippen LogP contribution in [-0.2, 0) is 9.47 Å². The lowest BCUT2D eigenvalue weighted by atomic mass is 10.2. The predicted molar refractivity (Wildman–Crippen MR) is 117 cm³/mol. The standard InChI is InChI=1S/C23H38N2O4/c1-3-5-6-7-12-17-28-22-14-9-8-13-21(22)24-23(26)29-20(19-27-4-2)18-25-15-10-11-16-25/h8-9,13-14,20H,3-7,10-12,15-19H2,1-2H3,(H,24,26). The van der Waals surface area contributed by atoms with E-state index in [1.165, 1.54) is 38.5 Å². The average molecular weight is 407 g/mol. The normalized spacial score (nSPS) is 15.2. The maximum Gasteiger partial charge on any atom is 0.412 e. The first-order valence-electron chi connectivity index (χ1n) is 11.2. The fraction of sp³-hybridized carbons (Fsp3) is 0.696. The molecule has 1 unspecified atom stereocenters. The molecule has 1 fully saturated rings. The van der Waals surface area contributed by atoms with Gasteiger partial charge in [-0.05, 0) is 51.4 Å². The molecule has 0 aliphatic carbocycles. The Balaban J connectivity index is 1.82. The van der Waals surface area contributed by atoms with Crippen molar-refractivity contribution in [1.29, 1.82) is 0 Å². The summed E-state index contributed by atoms with van der Waals surface area (Å²) in [5, 5.41) is 2.84. The molecule has 1 amide bonds. The van der Waals surface area contributed by atoms with Crippen molar-refractivity contribution in [2.45, 2.75) is 64.9 Å². The van der Waals surface area contributed by atoms with E-state index in [-0.39, 0.29) is 6.10 Å². The summed E-state index contributed by atoms with van der Waals surface area (Å²) < 4.78 is 17.1. The molecule has 6 heteroatoms. The van der Waals surface area contributed by atoms with Crippen molar-refractivity contribution in [3.63, 3.8) is 0 Å². The van der Waals surface area contributed by atoms with Crippen LogP contribution >= 0.6 is 0 Å². The Kier molecular flexibility index (Phi) is 11.5. The number of rotatable bonds is 14. The van der Waals surface area contributed by atoms with Crippen LogP contribution in [0.2, 0.25) is 0 Å². The third-order valence-corrected chi connectivity index (χ3v) is 5.07. The third kappa shape index (κ3) is 9.50. The molecule has 29 heavy (non-hydrogen) atoms. The van der Waals surface area contributed by atoms with Gasteiger partial charge in [0.1, 0.15) is 11.9 Å². The van der Waals surface area contributed by atoms with Gasteiger partial charge in [0.05, 0.1) is 18.9 Å². The van der Waals surface area contributed by atoms with Crippen LogP contribution in [0.25, 0.3) is 0 Å². The largest absolute Gasteiger partial charge is 0.491 e. The Morgan fingerprint density at radius 3 is 2.62 bits per heavy atom. The number of carbonyl (C=O) groups excluding carboxylic acids is 1. The van der Waals surface area contributed by atoms with Crippen LogP contribution in [0.15, 0.2) is 24.3 Å². The second-order valence-electron chi connectivity index (χ2n) is 7.58. The second kappa shape index (κ2) is 14.2. The maximum atomic E-state index is 12.5. The lowest BCUT2D eigenvalue weighted by molar-refractivity contribution is 0.0144. The third-order valence-electron chi connectivity index (χ3n) is 5.07. The molecule has 0 radical (unpaired) electrons. The number of hydrogen-bond donors (Lipinski definition) is 1.